The maximum Gasteiger partial charge on any atom is 0.255 e. The Morgan fingerprint density at radius 1 is 1.11 bits per heavy atom. The van der Waals surface area contributed by atoms with Crippen LogP contribution in [-0.4, -0.2) is 20.7 Å². The first kappa shape index (κ1) is 17.3. The molecule has 1 amide bonds. The van der Waals surface area contributed by atoms with Crippen LogP contribution < -0.4 is 10.6 Å². The van der Waals surface area contributed by atoms with Crippen molar-refractivity contribution in [2.75, 3.05) is 10.6 Å². The van der Waals surface area contributed by atoms with Crippen LogP contribution in [0.5, 0.6) is 0 Å². The van der Waals surface area contributed by atoms with Crippen molar-refractivity contribution in [2.45, 2.75) is 19.9 Å². The molecule has 4 rings (SSSR count). The first-order chi connectivity index (χ1) is 13.0. The Balaban J connectivity index is 1.74. The van der Waals surface area contributed by atoms with Crippen LogP contribution in [0.15, 0.2) is 66.1 Å². The zero-order valence-corrected chi connectivity index (χ0v) is 15.7. The molecule has 0 radical (unpaired) electrons. The van der Waals surface area contributed by atoms with Crippen LogP contribution in [0, 0.1) is 6.92 Å². The number of nitrogens with one attached hydrogen (secondary N) is 2. The Bertz CT molecular complexity index is 1020. The Hall–Kier alpha value is -3.12. The summed E-state index contributed by atoms with van der Waals surface area (Å²) >= 11 is 5.93. The smallest absolute Gasteiger partial charge is 0.255 e. The quantitative estimate of drug-likeness (QED) is 0.716. The van der Waals surface area contributed by atoms with Crippen molar-refractivity contribution in [1.82, 2.24) is 14.8 Å². The number of rotatable bonds is 3. The first-order valence-corrected chi connectivity index (χ1v) is 8.91. The van der Waals surface area contributed by atoms with E-state index in [2.05, 4.69) is 20.7 Å². The van der Waals surface area contributed by atoms with E-state index in [0.717, 1.165) is 16.8 Å². The minimum Gasteiger partial charge on any atom is -0.328 e. The molecule has 3 aromatic rings. The maximum atomic E-state index is 13.1. The molecular weight excluding hydrogens is 362 g/mol. The molecule has 27 heavy (non-hydrogen) atoms. The third kappa shape index (κ3) is 3.31. The van der Waals surface area contributed by atoms with Crippen LogP contribution in [-0.2, 0) is 4.79 Å². The summed E-state index contributed by atoms with van der Waals surface area (Å²) in [5.74, 6) is 0.412. The third-order valence-electron chi connectivity index (χ3n) is 4.53. The molecule has 0 aliphatic carbocycles. The van der Waals surface area contributed by atoms with Gasteiger partial charge in [-0.1, -0.05) is 41.4 Å². The lowest BCUT2D eigenvalue weighted by atomic mass is 9.94. The lowest BCUT2D eigenvalue weighted by molar-refractivity contribution is -0.113. The summed E-state index contributed by atoms with van der Waals surface area (Å²) in [6, 6.07) is 14.7. The average molecular weight is 380 g/mol. The average Bonchev–Trinajstić information content (AvgIpc) is 3.11. The number of fused-ring (bicyclic) bond motifs is 1. The fraction of sp³-hybridized carbons (Fsp3) is 0.150. The SMILES string of the molecule is CC1=C(C(=O)Nc2ccc(Cl)cc2)[C@@H](c2ccc(C)cc2)n2ncnc2N1. The van der Waals surface area contributed by atoms with Gasteiger partial charge in [-0.05, 0) is 43.7 Å². The van der Waals surface area contributed by atoms with E-state index in [4.69, 9.17) is 11.6 Å². The van der Waals surface area contributed by atoms with E-state index in [9.17, 15) is 4.79 Å². The molecule has 0 fully saturated rings. The van der Waals surface area contributed by atoms with Gasteiger partial charge in [-0.3, -0.25) is 4.79 Å². The van der Waals surface area contributed by atoms with Gasteiger partial charge in [0.1, 0.15) is 12.4 Å². The minimum atomic E-state index is -0.364. The topological polar surface area (TPSA) is 71.8 Å². The molecule has 1 aromatic heterocycles. The Morgan fingerprint density at radius 3 is 2.52 bits per heavy atom. The molecule has 2 heterocycles. The zero-order valence-electron chi connectivity index (χ0n) is 14.9. The van der Waals surface area contributed by atoms with Crippen LogP contribution in [0.1, 0.15) is 24.1 Å². The Labute approximate surface area is 161 Å². The van der Waals surface area contributed by atoms with Gasteiger partial charge in [0.05, 0.1) is 5.57 Å². The summed E-state index contributed by atoms with van der Waals surface area (Å²) in [6.45, 7) is 3.90. The van der Waals surface area contributed by atoms with Gasteiger partial charge in [0.2, 0.25) is 5.95 Å². The normalized spacial score (nSPS) is 15.9. The Morgan fingerprint density at radius 2 is 1.81 bits per heavy atom. The molecule has 0 bridgehead atoms. The lowest BCUT2D eigenvalue weighted by Gasteiger charge is -2.28. The third-order valence-corrected chi connectivity index (χ3v) is 4.79. The fourth-order valence-corrected chi connectivity index (χ4v) is 3.30. The van der Waals surface area contributed by atoms with Crippen molar-refractivity contribution in [3.8, 4) is 0 Å². The molecule has 1 aliphatic rings. The second kappa shape index (κ2) is 6.89. The molecule has 0 saturated carbocycles. The van der Waals surface area contributed by atoms with Crippen LogP contribution in [0.4, 0.5) is 11.6 Å². The number of benzene rings is 2. The molecular formula is C20H18ClN5O. The van der Waals surface area contributed by atoms with Crippen molar-refractivity contribution in [1.29, 1.82) is 0 Å². The molecule has 2 N–H and O–H groups in total. The van der Waals surface area contributed by atoms with Gasteiger partial charge < -0.3 is 10.6 Å². The largest absolute Gasteiger partial charge is 0.328 e. The number of carbonyl (C=O) groups is 1. The van der Waals surface area contributed by atoms with E-state index in [1.54, 1.807) is 28.9 Å². The predicted octanol–water partition coefficient (Wildman–Crippen LogP) is 4.17. The molecule has 0 spiro atoms. The zero-order chi connectivity index (χ0) is 19.0. The highest BCUT2D eigenvalue weighted by atomic mass is 35.5. The first-order valence-electron chi connectivity index (χ1n) is 8.54. The standard InChI is InChI=1S/C20H18ClN5O/c1-12-3-5-14(6-4-12)18-17(13(2)24-20-22-11-23-26(18)20)19(27)25-16-9-7-15(21)8-10-16/h3-11,18H,1-2H3,(H,25,27)(H,22,23,24)/t18-/m1/s1. The van der Waals surface area contributed by atoms with E-state index in [0.29, 0.717) is 22.2 Å². The monoisotopic (exact) mass is 379 g/mol. The van der Waals surface area contributed by atoms with Crippen molar-refractivity contribution < 1.29 is 4.79 Å². The van der Waals surface area contributed by atoms with Gasteiger partial charge in [0.25, 0.3) is 5.91 Å². The highest BCUT2D eigenvalue weighted by Crippen LogP contribution is 2.35. The van der Waals surface area contributed by atoms with Crippen molar-refractivity contribution >= 4 is 29.1 Å². The van der Waals surface area contributed by atoms with Crippen molar-refractivity contribution in [3.05, 3.63) is 82.3 Å². The molecule has 1 atom stereocenters. The fourth-order valence-electron chi connectivity index (χ4n) is 3.17. The van der Waals surface area contributed by atoms with Gasteiger partial charge in [0, 0.05) is 16.4 Å². The number of halogens is 1. The summed E-state index contributed by atoms with van der Waals surface area (Å²) in [6.07, 6.45) is 1.48. The van der Waals surface area contributed by atoms with Gasteiger partial charge in [-0.25, -0.2) is 4.68 Å². The van der Waals surface area contributed by atoms with Crippen molar-refractivity contribution in [2.24, 2.45) is 0 Å². The summed E-state index contributed by atoms with van der Waals surface area (Å²) in [5.41, 5.74) is 4.13. The second-order valence-corrected chi connectivity index (χ2v) is 6.90. The second-order valence-electron chi connectivity index (χ2n) is 6.47. The Kier molecular flexibility index (Phi) is 4.41. The number of nitrogens with zero attached hydrogens (tertiary/aromatic N) is 3. The van der Waals surface area contributed by atoms with Crippen LogP contribution >= 0.6 is 11.6 Å². The summed E-state index contributed by atoms with van der Waals surface area (Å²) in [5, 5.41) is 11.1. The summed E-state index contributed by atoms with van der Waals surface area (Å²) < 4.78 is 1.73. The lowest BCUT2D eigenvalue weighted by Crippen LogP contribution is -2.31. The van der Waals surface area contributed by atoms with Crippen LogP contribution in [0.3, 0.4) is 0 Å². The summed E-state index contributed by atoms with van der Waals surface area (Å²) in [7, 11) is 0. The molecule has 6 nitrogen and oxygen atoms in total. The van der Waals surface area contributed by atoms with Gasteiger partial charge in [0.15, 0.2) is 0 Å². The van der Waals surface area contributed by atoms with E-state index in [1.807, 2.05) is 38.1 Å². The number of carbonyl (C=O) groups excluding carboxylic acids is 1. The molecule has 0 unspecified atom stereocenters. The highest BCUT2D eigenvalue weighted by Gasteiger charge is 2.33. The number of allylic oxidation sites excluding steroid dienone is 1. The number of hydrogen-bond donors (Lipinski definition) is 2. The molecule has 0 saturated heterocycles. The van der Waals surface area contributed by atoms with E-state index < -0.39 is 0 Å². The van der Waals surface area contributed by atoms with Crippen LogP contribution in [0.2, 0.25) is 5.02 Å². The van der Waals surface area contributed by atoms with Crippen molar-refractivity contribution in [3.63, 3.8) is 0 Å². The number of amides is 1. The number of anilines is 2. The van der Waals surface area contributed by atoms with Gasteiger partial charge >= 0.3 is 0 Å². The van der Waals surface area contributed by atoms with Crippen LogP contribution in [0.25, 0.3) is 0 Å². The molecule has 2 aromatic carbocycles. The van der Waals surface area contributed by atoms with E-state index in [1.165, 1.54) is 6.33 Å². The number of hydrogen-bond acceptors (Lipinski definition) is 4. The predicted molar refractivity (Wildman–Crippen MR) is 106 cm³/mol. The highest BCUT2D eigenvalue weighted by molar-refractivity contribution is 6.30. The van der Waals surface area contributed by atoms with Gasteiger partial charge in [-0.15, -0.1) is 0 Å². The number of aryl methyl sites for hydroxylation is 1. The molecule has 1 aliphatic heterocycles. The summed E-state index contributed by atoms with van der Waals surface area (Å²) in [4.78, 5) is 17.4. The maximum absolute atomic E-state index is 13.1. The molecule has 7 heteroatoms. The number of aromatic nitrogens is 3. The van der Waals surface area contributed by atoms with E-state index in [-0.39, 0.29) is 11.9 Å². The van der Waals surface area contributed by atoms with Gasteiger partial charge in [-0.2, -0.15) is 10.1 Å². The van der Waals surface area contributed by atoms with E-state index >= 15 is 0 Å². The minimum absolute atomic E-state index is 0.200. The molecule has 136 valence electrons.